The molecule has 22 nitrogen and oxygen atoms in total. The minimum Gasteiger partial charge on any atom is -0.460 e. The number of likely N-dealkylation sites (tertiary alicyclic amines) is 1. The predicted octanol–water partition coefficient (Wildman–Crippen LogP) is 3.19. The molecule has 1 saturated heterocycles. The summed E-state index contributed by atoms with van der Waals surface area (Å²) in [5.41, 5.74) is -1.69. The molecule has 0 aromatic rings. The zero-order valence-corrected chi connectivity index (χ0v) is 48.6. The van der Waals surface area contributed by atoms with E-state index in [4.69, 9.17) is 18.6 Å². The molecule has 1 heterocycles. The van der Waals surface area contributed by atoms with Crippen molar-refractivity contribution >= 4 is 73.4 Å². The second-order valence-electron chi connectivity index (χ2n) is 23.1. The quantitative estimate of drug-likeness (QED) is 0.0216. The molecule has 7 amide bonds. The minimum absolute atomic E-state index is 0.0160. The topological polar surface area (TPSA) is 300 Å². The van der Waals surface area contributed by atoms with Gasteiger partial charge in [-0.15, -0.1) is 0 Å². The summed E-state index contributed by atoms with van der Waals surface area (Å²) in [4.78, 5) is 149. The van der Waals surface area contributed by atoms with E-state index in [0.29, 0.717) is 6.42 Å². The molecule has 0 aromatic heterocycles. The Morgan fingerprint density at radius 1 is 0.667 bits per heavy atom. The van der Waals surface area contributed by atoms with Gasteiger partial charge in [-0.25, -0.2) is 0 Å². The average molecular weight is 1080 g/mol. The maximum atomic E-state index is 14.9. The number of amides is 7. The number of hydrogen-bond donors (Lipinski definition) is 6. The van der Waals surface area contributed by atoms with Gasteiger partial charge >= 0.3 is 17.9 Å². The summed E-state index contributed by atoms with van der Waals surface area (Å²) in [6.45, 7) is 32.4. The molecule has 0 aromatic carbocycles. The third kappa shape index (κ3) is 23.8. The van der Waals surface area contributed by atoms with Gasteiger partial charge in [0.15, 0.2) is 8.32 Å². The van der Waals surface area contributed by atoms with Gasteiger partial charge in [0.05, 0.1) is 12.1 Å². The number of rotatable bonds is 28. The molecule has 75 heavy (non-hydrogen) atoms. The van der Waals surface area contributed by atoms with Gasteiger partial charge < -0.3 is 55.4 Å². The summed E-state index contributed by atoms with van der Waals surface area (Å²) in [5, 5.41) is 15.1. The molecule has 1 aliphatic heterocycles. The number of nitrogens with zero attached hydrogens (tertiary/aromatic N) is 1. The Morgan fingerprint density at radius 3 is 1.61 bits per heavy atom. The minimum atomic E-state index is -2.51. The molecule has 1 unspecified atom stereocenters. The van der Waals surface area contributed by atoms with Crippen molar-refractivity contribution in [2.24, 2.45) is 11.8 Å². The zero-order valence-electron chi connectivity index (χ0n) is 47.6. The Labute approximate surface area is 444 Å². The third-order valence-electron chi connectivity index (χ3n) is 12.2. The van der Waals surface area contributed by atoms with E-state index in [1.807, 2.05) is 33.9 Å². The maximum Gasteiger partial charge on any atom is 0.325 e. The molecule has 1 rings (SSSR count). The van der Waals surface area contributed by atoms with Gasteiger partial charge in [0.2, 0.25) is 41.2 Å². The number of carbonyl (C=O) groups excluding carboxylic acids is 11. The van der Waals surface area contributed by atoms with Crippen LogP contribution < -0.4 is 31.9 Å². The molecular weight excluding hydrogens is 991 g/mol. The molecule has 6 N–H and O–H groups in total. The van der Waals surface area contributed by atoms with Gasteiger partial charge in [-0.3, -0.25) is 52.7 Å². The monoisotopic (exact) mass is 1080 g/mol. The summed E-state index contributed by atoms with van der Waals surface area (Å²) >= 11 is 0. The number of carbonyl (C=O) groups is 11. The fraction of sp³-hybridized carbons (Fsp3) is 0.750. The number of ketones is 1. The van der Waals surface area contributed by atoms with Crippen LogP contribution in [0.3, 0.4) is 0 Å². The van der Waals surface area contributed by atoms with E-state index in [2.05, 4.69) is 38.5 Å². The highest BCUT2D eigenvalue weighted by Gasteiger charge is 2.48. The molecule has 1 fully saturated rings. The first-order valence-electron chi connectivity index (χ1n) is 25.8. The van der Waals surface area contributed by atoms with Gasteiger partial charge in [-0.1, -0.05) is 74.5 Å². The molecule has 0 saturated carbocycles. The van der Waals surface area contributed by atoms with Crippen molar-refractivity contribution in [3.63, 3.8) is 0 Å². The molecule has 426 valence electrons. The van der Waals surface area contributed by atoms with Crippen LogP contribution in [0.15, 0.2) is 12.7 Å². The Hall–Kier alpha value is -5.71. The van der Waals surface area contributed by atoms with E-state index in [9.17, 15) is 52.7 Å². The van der Waals surface area contributed by atoms with Crippen LogP contribution in [0, 0.1) is 11.8 Å². The fourth-order valence-electron chi connectivity index (χ4n) is 7.48. The molecule has 0 bridgehead atoms. The van der Waals surface area contributed by atoms with Crippen molar-refractivity contribution in [1.82, 2.24) is 36.8 Å². The van der Waals surface area contributed by atoms with Crippen LogP contribution in [-0.2, 0) is 71.4 Å². The van der Waals surface area contributed by atoms with E-state index in [1.165, 1.54) is 17.9 Å². The first-order chi connectivity index (χ1) is 34.3. The summed E-state index contributed by atoms with van der Waals surface area (Å²) in [6.07, 6.45) is 0.0137. The normalized spacial score (nSPS) is 17.0. The van der Waals surface area contributed by atoms with Gasteiger partial charge in [0.1, 0.15) is 54.6 Å². The van der Waals surface area contributed by atoms with Gasteiger partial charge in [0, 0.05) is 32.7 Å². The van der Waals surface area contributed by atoms with Crippen LogP contribution in [-0.4, -0.2) is 152 Å². The predicted molar refractivity (Wildman–Crippen MR) is 281 cm³/mol. The van der Waals surface area contributed by atoms with Crippen molar-refractivity contribution in [1.29, 1.82) is 0 Å². The first-order valence-corrected chi connectivity index (χ1v) is 28.7. The Bertz CT molecular complexity index is 2060. The highest BCUT2D eigenvalue weighted by molar-refractivity contribution is 6.74. The molecule has 7 atom stereocenters. The molecule has 0 spiro atoms. The van der Waals surface area contributed by atoms with Gasteiger partial charge in [-0.05, 0) is 90.8 Å². The van der Waals surface area contributed by atoms with E-state index >= 15 is 0 Å². The second kappa shape index (κ2) is 29.6. The highest BCUT2D eigenvalue weighted by atomic mass is 28.4. The molecule has 0 aliphatic carbocycles. The van der Waals surface area contributed by atoms with Crippen molar-refractivity contribution in [3.05, 3.63) is 12.7 Å². The third-order valence-corrected chi connectivity index (χ3v) is 16.8. The molecule has 0 radical (unpaired) electrons. The van der Waals surface area contributed by atoms with Crippen LogP contribution in [0.2, 0.25) is 18.1 Å². The van der Waals surface area contributed by atoms with Crippen LogP contribution in [0.4, 0.5) is 0 Å². The lowest BCUT2D eigenvalue weighted by Crippen LogP contribution is -2.61. The van der Waals surface area contributed by atoms with E-state index in [0.717, 1.165) is 0 Å². The van der Waals surface area contributed by atoms with Crippen LogP contribution in [0.5, 0.6) is 0 Å². The fourth-order valence-corrected chi connectivity index (χ4v) is 8.84. The van der Waals surface area contributed by atoms with Gasteiger partial charge in [0.25, 0.3) is 5.91 Å². The second-order valence-corrected chi connectivity index (χ2v) is 27.9. The number of nitrogens with one attached hydrogen (secondary N) is 6. The molecular formula is C52H89N7O15Si. The van der Waals surface area contributed by atoms with Crippen molar-refractivity contribution in [2.45, 2.75) is 220 Å². The smallest absolute Gasteiger partial charge is 0.325 e. The first kappa shape index (κ1) is 67.3. The van der Waals surface area contributed by atoms with E-state index < -0.39 is 145 Å². The Balaban J connectivity index is 3.63. The summed E-state index contributed by atoms with van der Waals surface area (Å²) in [5.74, 6) is -10.0. The van der Waals surface area contributed by atoms with Crippen molar-refractivity contribution < 1.29 is 71.4 Å². The lowest BCUT2D eigenvalue weighted by atomic mass is 9.98. The Kier molecular flexibility index (Phi) is 26.5. The highest BCUT2D eigenvalue weighted by Crippen LogP contribution is 2.39. The maximum absolute atomic E-state index is 14.9. The summed E-state index contributed by atoms with van der Waals surface area (Å²) in [7, 11) is -2.51. The summed E-state index contributed by atoms with van der Waals surface area (Å²) < 4.78 is 22.4. The lowest BCUT2D eigenvalue weighted by molar-refractivity contribution is -0.156. The van der Waals surface area contributed by atoms with Crippen molar-refractivity contribution in [3.8, 4) is 0 Å². The number of ether oxygens (including phenoxy) is 3. The molecule has 1 aliphatic rings. The standard InChI is InChI=1S/C52H89N7O15Si/c1-19-21-34(43(64)48(69)53-28-40(63)71-26-20-2)55-46(67)37-27-33(74-75(17,18)52(14,15)16)29-59(37)49(70)42(31(5)6)58-47(68)41(30(3)4)57-45(66)36(23-25-39(62)73-51(11,12)13)56-44(65)35(54-32(7)60)22-24-38(61)72-50(8,9)10/h20,30-31,33-37,41-42H,2,19,21-29H2,1,3-18H3,(H,53,69)(H,54,60)(H,55,67)(H,56,65)(H,57,66)(H,58,68)/t33-,34?,35+,36+,37+,41+,42+/m1/s1. The Morgan fingerprint density at radius 2 is 1.16 bits per heavy atom. The van der Waals surface area contributed by atoms with Crippen LogP contribution in [0.25, 0.3) is 0 Å². The lowest BCUT2D eigenvalue weighted by Gasteiger charge is -2.38. The number of hydrogen-bond acceptors (Lipinski definition) is 15. The van der Waals surface area contributed by atoms with Crippen molar-refractivity contribution in [2.75, 3.05) is 19.7 Å². The van der Waals surface area contributed by atoms with Crippen LogP contribution in [0.1, 0.15) is 149 Å². The van der Waals surface area contributed by atoms with E-state index in [1.54, 1.807) is 76.2 Å². The zero-order chi connectivity index (χ0) is 58.0. The average Bonchev–Trinajstić information content (AvgIpc) is 3.68. The molecule has 23 heteroatoms. The van der Waals surface area contributed by atoms with Gasteiger partial charge in [-0.2, -0.15) is 0 Å². The summed E-state index contributed by atoms with van der Waals surface area (Å²) in [6, 6.07) is -7.97. The largest absolute Gasteiger partial charge is 0.460 e. The number of esters is 3. The number of Topliss-reactive ketones (excluding diaryl/α,β-unsaturated/α-hetero) is 1. The van der Waals surface area contributed by atoms with Crippen LogP contribution >= 0.6 is 0 Å². The van der Waals surface area contributed by atoms with E-state index in [-0.39, 0.29) is 56.7 Å². The SMILES string of the molecule is C=CCOC(=O)CNC(=O)C(=O)C(CCC)NC(=O)[C@@H]1C[C@@H](O[Si](C)(C)C(C)(C)C)CN1C(=O)[C@@H](NC(=O)[C@@H](NC(=O)[C@H](CCC(=O)OC(C)(C)C)NC(=O)[C@H](CCC(=O)OC(C)(C)C)NC(C)=O)C(C)C)C(C)C.